The maximum absolute atomic E-state index is 12.1. The van der Waals surface area contributed by atoms with Crippen LogP contribution in [0.4, 0.5) is 0 Å². The van der Waals surface area contributed by atoms with Crippen LogP contribution in [0, 0.1) is 0 Å². The Bertz CT molecular complexity index is 488. The van der Waals surface area contributed by atoms with E-state index >= 15 is 0 Å². The molecule has 1 aromatic heterocycles. The van der Waals surface area contributed by atoms with E-state index in [1.54, 1.807) is 0 Å². The van der Waals surface area contributed by atoms with Gasteiger partial charge in [0.15, 0.2) is 5.82 Å². The van der Waals surface area contributed by atoms with Crippen molar-refractivity contribution in [1.29, 1.82) is 0 Å². The maximum Gasteiger partial charge on any atom is 0.252 e. The average Bonchev–Trinajstić information content (AvgIpc) is 3.15. The number of carbonyl (C=O) groups excluding carboxylic acids is 1. The lowest BCUT2D eigenvalue weighted by Gasteiger charge is -2.21. The number of rotatable bonds is 4. The van der Waals surface area contributed by atoms with Gasteiger partial charge in [0.2, 0.25) is 5.89 Å². The molecule has 0 aromatic carbocycles. The number of nitrogens with one attached hydrogen (secondary N) is 1. The highest BCUT2D eigenvalue weighted by atomic mass is 16.5. The Morgan fingerprint density at radius 2 is 2.14 bits per heavy atom. The van der Waals surface area contributed by atoms with Gasteiger partial charge in [-0.15, -0.1) is 0 Å². The van der Waals surface area contributed by atoms with Gasteiger partial charge in [0.05, 0.1) is 6.54 Å². The molecule has 116 valence electrons. The van der Waals surface area contributed by atoms with Crippen molar-refractivity contribution in [2.24, 2.45) is 0 Å². The first-order valence-corrected chi connectivity index (χ1v) is 7.92. The van der Waals surface area contributed by atoms with Gasteiger partial charge in [-0.2, -0.15) is 4.98 Å². The van der Waals surface area contributed by atoms with Gasteiger partial charge in [-0.25, -0.2) is 0 Å². The fourth-order valence-corrected chi connectivity index (χ4v) is 3.17. The van der Waals surface area contributed by atoms with E-state index in [9.17, 15) is 4.79 Å². The van der Waals surface area contributed by atoms with Crippen molar-refractivity contribution in [3.8, 4) is 0 Å². The summed E-state index contributed by atoms with van der Waals surface area (Å²) in [6.45, 7) is 2.75. The molecule has 2 fully saturated rings. The van der Waals surface area contributed by atoms with Crippen molar-refractivity contribution in [1.82, 2.24) is 15.5 Å². The molecule has 3 rings (SSSR count). The van der Waals surface area contributed by atoms with E-state index in [-0.39, 0.29) is 12.5 Å². The SMILES string of the molecule is C[C@@]1(C(=O)NCc2nc(C3CCCCC3)no2)CCCO1. The largest absolute Gasteiger partial charge is 0.365 e. The summed E-state index contributed by atoms with van der Waals surface area (Å²) in [6.07, 6.45) is 7.73. The second-order valence-electron chi connectivity index (χ2n) is 6.25. The molecule has 21 heavy (non-hydrogen) atoms. The van der Waals surface area contributed by atoms with E-state index in [2.05, 4.69) is 15.5 Å². The van der Waals surface area contributed by atoms with Crippen LogP contribution >= 0.6 is 0 Å². The minimum absolute atomic E-state index is 0.0996. The molecule has 0 spiro atoms. The summed E-state index contributed by atoms with van der Waals surface area (Å²) in [5.41, 5.74) is -0.702. The van der Waals surface area contributed by atoms with Crippen LogP contribution in [-0.2, 0) is 16.1 Å². The van der Waals surface area contributed by atoms with Crippen LogP contribution in [0.3, 0.4) is 0 Å². The van der Waals surface area contributed by atoms with Gasteiger partial charge in [0.1, 0.15) is 5.60 Å². The first-order valence-electron chi connectivity index (χ1n) is 7.92. The Morgan fingerprint density at radius 3 is 2.86 bits per heavy atom. The minimum atomic E-state index is -0.702. The zero-order valence-electron chi connectivity index (χ0n) is 12.6. The highest BCUT2D eigenvalue weighted by molar-refractivity contribution is 5.84. The number of ether oxygens (including phenoxy) is 1. The molecule has 0 radical (unpaired) electrons. The van der Waals surface area contributed by atoms with Crippen molar-refractivity contribution in [2.75, 3.05) is 6.61 Å². The maximum atomic E-state index is 12.1. The lowest BCUT2D eigenvalue weighted by atomic mass is 9.89. The number of hydrogen-bond acceptors (Lipinski definition) is 5. The molecular weight excluding hydrogens is 270 g/mol. The third-order valence-electron chi connectivity index (χ3n) is 4.55. The first-order chi connectivity index (χ1) is 10.2. The molecule has 1 saturated carbocycles. The van der Waals surface area contributed by atoms with Crippen LogP contribution in [0.5, 0.6) is 0 Å². The van der Waals surface area contributed by atoms with Crippen molar-refractivity contribution < 1.29 is 14.1 Å². The molecule has 1 amide bonds. The highest BCUT2D eigenvalue weighted by Gasteiger charge is 2.37. The van der Waals surface area contributed by atoms with E-state index in [0.717, 1.165) is 31.5 Å². The molecule has 6 heteroatoms. The average molecular weight is 293 g/mol. The van der Waals surface area contributed by atoms with Crippen LogP contribution in [0.2, 0.25) is 0 Å². The van der Waals surface area contributed by atoms with Gasteiger partial charge in [-0.05, 0) is 32.6 Å². The molecule has 1 aromatic rings. The Hall–Kier alpha value is -1.43. The van der Waals surface area contributed by atoms with Gasteiger partial charge < -0.3 is 14.6 Å². The molecular formula is C15H23N3O3. The summed E-state index contributed by atoms with van der Waals surface area (Å²) in [6, 6.07) is 0. The van der Waals surface area contributed by atoms with Gasteiger partial charge in [-0.1, -0.05) is 24.4 Å². The van der Waals surface area contributed by atoms with Crippen LogP contribution in [-0.4, -0.2) is 28.3 Å². The van der Waals surface area contributed by atoms with Crippen LogP contribution in [0.25, 0.3) is 0 Å². The Balaban J connectivity index is 1.53. The minimum Gasteiger partial charge on any atom is -0.365 e. The quantitative estimate of drug-likeness (QED) is 0.921. The second kappa shape index (κ2) is 6.13. The fraction of sp³-hybridized carbons (Fsp3) is 0.800. The zero-order valence-corrected chi connectivity index (χ0v) is 12.6. The standard InChI is InChI=1S/C15H23N3O3/c1-15(8-5-9-20-15)14(19)16-10-12-17-13(18-21-12)11-6-3-2-4-7-11/h11H,2-10H2,1H3,(H,16,19)/t15-/m0/s1. The summed E-state index contributed by atoms with van der Waals surface area (Å²) in [5.74, 6) is 1.59. The molecule has 2 heterocycles. The van der Waals surface area contributed by atoms with E-state index < -0.39 is 5.60 Å². The van der Waals surface area contributed by atoms with Gasteiger partial charge in [-0.3, -0.25) is 4.79 Å². The number of amides is 1. The number of hydrogen-bond donors (Lipinski definition) is 1. The molecule has 0 unspecified atom stereocenters. The van der Waals surface area contributed by atoms with Gasteiger partial charge in [0.25, 0.3) is 5.91 Å². The summed E-state index contributed by atoms with van der Waals surface area (Å²) >= 11 is 0. The lowest BCUT2D eigenvalue weighted by Crippen LogP contribution is -2.43. The molecule has 1 saturated heterocycles. The Kier molecular flexibility index (Phi) is 4.24. The molecule has 1 aliphatic heterocycles. The molecule has 1 N–H and O–H groups in total. The Labute approximate surface area is 124 Å². The zero-order chi connectivity index (χ0) is 14.7. The highest BCUT2D eigenvalue weighted by Crippen LogP contribution is 2.30. The van der Waals surface area contributed by atoms with Crippen molar-refractivity contribution >= 4 is 5.91 Å². The number of aromatic nitrogens is 2. The third kappa shape index (κ3) is 3.26. The molecule has 0 bridgehead atoms. The number of carbonyl (C=O) groups is 1. The first kappa shape index (κ1) is 14.5. The monoisotopic (exact) mass is 293 g/mol. The molecule has 1 atom stereocenters. The van der Waals surface area contributed by atoms with Crippen molar-refractivity contribution in [3.05, 3.63) is 11.7 Å². The van der Waals surface area contributed by atoms with E-state index in [1.807, 2.05) is 6.92 Å². The predicted octanol–water partition coefficient (Wildman–Crippen LogP) is 2.30. The smallest absolute Gasteiger partial charge is 0.252 e. The summed E-state index contributed by atoms with van der Waals surface area (Å²) in [5, 5.41) is 6.90. The Morgan fingerprint density at radius 1 is 1.33 bits per heavy atom. The van der Waals surface area contributed by atoms with Gasteiger partial charge >= 0.3 is 0 Å². The van der Waals surface area contributed by atoms with Crippen LogP contribution in [0.1, 0.15) is 69.5 Å². The van der Waals surface area contributed by atoms with Gasteiger partial charge in [0, 0.05) is 12.5 Å². The fourth-order valence-electron chi connectivity index (χ4n) is 3.17. The molecule has 2 aliphatic rings. The van der Waals surface area contributed by atoms with Crippen LogP contribution in [0.15, 0.2) is 4.52 Å². The van der Waals surface area contributed by atoms with E-state index in [1.165, 1.54) is 19.3 Å². The second-order valence-corrected chi connectivity index (χ2v) is 6.25. The lowest BCUT2D eigenvalue weighted by molar-refractivity contribution is -0.139. The molecule has 1 aliphatic carbocycles. The summed E-state index contributed by atoms with van der Waals surface area (Å²) < 4.78 is 10.8. The normalized spacial score (nSPS) is 26.9. The van der Waals surface area contributed by atoms with E-state index in [4.69, 9.17) is 9.26 Å². The summed E-state index contributed by atoms with van der Waals surface area (Å²) in [4.78, 5) is 16.5. The van der Waals surface area contributed by atoms with Crippen molar-refractivity contribution in [3.63, 3.8) is 0 Å². The summed E-state index contributed by atoms with van der Waals surface area (Å²) in [7, 11) is 0. The van der Waals surface area contributed by atoms with Crippen molar-refractivity contribution in [2.45, 2.75) is 69.9 Å². The third-order valence-corrected chi connectivity index (χ3v) is 4.55. The van der Waals surface area contributed by atoms with Crippen LogP contribution < -0.4 is 5.32 Å². The predicted molar refractivity (Wildman–Crippen MR) is 75.6 cm³/mol. The topological polar surface area (TPSA) is 77.3 Å². The number of nitrogens with zero attached hydrogens (tertiary/aromatic N) is 2. The van der Waals surface area contributed by atoms with E-state index in [0.29, 0.717) is 18.4 Å². The molecule has 6 nitrogen and oxygen atoms in total.